The van der Waals surface area contributed by atoms with Crippen LogP contribution in [0.25, 0.3) is 10.8 Å². The van der Waals surface area contributed by atoms with Crippen molar-refractivity contribution in [3.63, 3.8) is 0 Å². The van der Waals surface area contributed by atoms with Gasteiger partial charge in [0.25, 0.3) is 0 Å². The fraction of sp³-hybridized carbons (Fsp3) is 0.645. The van der Waals surface area contributed by atoms with Gasteiger partial charge in [0.2, 0.25) is 0 Å². The number of nitrogens with zero attached hydrogens (tertiary/aromatic N) is 1. The molecule has 0 aliphatic carbocycles. The van der Waals surface area contributed by atoms with Crippen molar-refractivity contribution in [1.82, 2.24) is 4.90 Å². The molecule has 0 fully saturated rings. The number of hydrogen-bond acceptors (Lipinski definition) is 1. The van der Waals surface area contributed by atoms with Gasteiger partial charge >= 0.3 is 216 Å². The van der Waals surface area contributed by atoms with E-state index in [-0.39, 0.29) is 18.0 Å². The van der Waals surface area contributed by atoms with Crippen molar-refractivity contribution in [3.8, 4) is 0 Å². The fourth-order valence-corrected chi connectivity index (χ4v) is 23.5. The average molecular weight is 572 g/mol. The molecule has 0 heterocycles. The van der Waals surface area contributed by atoms with Gasteiger partial charge in [0.15, 0.2) is 0 Å². The second kappa shape index (κ2) is 13.9. The van der Waals surface area contributed by atoms with E-state index in [0.29, 0.717) is 3.93 Å². The number of benzene rings is 2. The van der Waals surface area contributed by atoms with Crippen LogP contribution in [-0.2, 0) is 0 Å². The Morgan fingerprint density at radius 2 is 1.26 bits per heavy atom. The summed E-state index contributed by atoms with van der Waals surface area (Å²) in [5, 5.41) is 2.33. The van der Waals surface area contributed by atoms with Gasteiger partial charge in [-0.15, -0.1) is 0 Å². The molecule has 34 heavy (non-hydrogen) atoms. The number of amides is 1. The summed E-state index contributed by atoms with van der Waals surface area (Å²) in [5.41, 5.74) is 2.35. The van der Waals surface area contributed by atoms with Crippen LogP contribution in [0, 0.1) is 0 Å². The first-order chi connectivity index (χ1) is 16.2. The van der Waals surface area contributed by atoms with Crippen molar-refractivity contribution in [2.45, 2.75) is 123 Å². The van der Waals surface area contributed by atoms with E-state index < -0.39 is 18.4 Å². The quantitative estimate of drug-likeness (QED) is 0.207. The minimum absolute atomic E-state index is 0.183. The maximum atomic E-state index is 14.3. The molecule has 0 saturated carbocycles. The SMILES string of the molecule is CCC[CH2][Sn]([CH2]CCC)([CH2]CCC)[C@@H](C)c1ccc2ccccc2c1C(=O)N(C(C)C)C(C)C. The molecule has 0 spiro atoms. The van der Waals surface area contributed by atoms with Crippen LogP contribution in [0.15, 0.2) is 36.4 Å². The van der Waals surface area contributed by atoms with Crippen LogP contribution in [0.3, 0.4) is 0 Å². The zero-order chi connectivity index (χ0) is 25.3. The Morgan fingerprint density at radius 3 is 1.74 bits per heavy atom. The van der Waals surface area contributed by atoms with Crippen LogP contribution in [0.2, 0.25) is 13.3 Å². The van der Waals surface area contributed by atoms with Crippen LogP contribution in [0.1, 0.15) is 114 Å². The molecule has 1 atom stereocenters. The van der Waals surface area contributed by atoms with E-state index in [9.17, 15) is 4.79 Å². The van der Waals surface area contributed by atoms with Gasteiger partial charge in [0.1, 0.15) is 0 Å². The summed E-state index contributed by atoms with van der Waals surface area (Å²) >= 11 is -2.59. The van der Waals surface area contributed by atoms with Crippen molar-refractivity contribution in [2.24, 2.45) is 0 Å². The van der Waals surface area contributed by atoms with Gasteiger partial charge in [-0.1, -0.05) is 0 Å². The normalized spacial score (nSPS) is 13.1. The number of unbranched alkanes of at least 4 members (excludes halogenated alkanes) is 3. The van der Waals surface area contributed by atoms with Gasteiger partial charge in [-0.3, -0.25) is 0 Å². The van der Waals surface area contributed by atoms with E-state index in [4.69, 9.17) is 0 Å². The zero-order valence-corrected chi connectivity index (χ0v) is 26.3. The number of fused-ring (bicyclic) bond motifs is 1. The van der Waals surface area contributed by atoms with Gasteiger partial charge < -0.3 is 0 Å². The van der Waals surface area contributed by atoms with Crippen LogP contribution in [0.5, 0.6) is 0 Å². The van der Waals surface area contributed by atoms with Crippen LogP contribution in [-0.4, -0.2) is 41.3 Å². The molecule has 190 valence electrons. The Labute approximate surface area is 214 Å². The number of carbonyl (C=O) groups excluding carboxylic acids is 1. The summed E-state index contributed by atoms with van der Waals surface area (Å²) in [4.78, 5) is 16.4. The zero-order valence-electron chi connectivity index (χ0n) is 23.4. The molecule has 2 nitrogen and oxygen atoms in total. The molecular weight excluding hydrogens is 521 g/mol. The standard InChI is InChI=1S/C19H24NO.3C4H9.Sn/c1-6-15-11-12-16-9-7-8-10-17(16)18(15)19(21)20(13(2)3)14(4)5;3*1-3-4-2;/h6-14H,1-5H3;3*1,3-4H2,2H3;. The van der Waals surface area contributed by atoms with Gasteiger partial charge in [0, 0.05) is 0 Å². The first kappa shape index (κ1) is 29.2. The molecule has 0 aliphatic rings. The first-order valence-corrected chi connectivity index (χ1v) is 21.8. The van der Waals surface area contributed by atoms with Crippen molar-refractivity contribution in [3.05, 3.63) is 47.5 Å². The fourth-order valence-electron chi connectivity index (χ4n) is 6.02. The predicted octanol–water partition coefficient (Wildman–Crippen LogP) is 9.59. The van der Waals surface area contributed by atoms with Crippen molar-refractivity contribution < 1.29 is 4.79 Å². The maximum absolute atomic E-state index is 14.3. The molecule has 0 aliphatic heterocycles. The average Bonchev–Trinajstić information content (AvgIpc) is 2.82. The molecule has 2 aromatic carbocycles. The molecule has 2 rings (SSSR count). The first-order valence-electron chi connectivity index (χ1n) is 14.1. The summed E-state index contributed by atoms with van der Waals surface area (Å²) in [6, 6.07) is 13.5. The molecule has 0 radical (unpaired) electrons. The van der Waals surface area contributed by atoms with Crippen molar-refractivity contribution >= 4 is 35.1 Å². The van der Waals surface area contributed by atoms with Crippen LogP contribution in [0.4, 0.5) is 0 Å². The van der Waals surface area contributed by atoms with Gasteiger partial charge in [-0.2, -0.15) is 0 Å². The number of carbonyl (C=O) groups is 1. The third kappa shape index (κ3) is 6.80. The second-order valence-corrected chi connectivity index (χ2v) is 25.6. The Kier molecular flexibility index (Phi) is 11.9. The number of rotatable bonds is 14. The summed E-state index contributed by atoms with van der Waals surface area (Å²) in [6.07, 6.45) is 7.91. The number of hydrogen-bond donors (Lipinski definition) is 0. The van der Waals surface area contributed by atoms with E-state index in [1.165, 1.54) is 62.8 Å². The molecule has 2 aromatic rings. The van der Waals surface area contributed by atoms with E-state index in [1.807, 2.05) is 0 Å². The van der Waals surface area contributed by atoms with E-state index in [0.717, 1.165) is 10.9 Å². The Hall–Kier alpha value is -1.03. The third-order valence-corrected chi connectivity index (χ3v) is 25.7. The molecule has 3 heteroatoms. The molecule has 1 amide bonds. The molecule has 0 aromatic heterocycles. The minimum atomic E-state index is -2.59. The second-order valence-electron chi connectivity index (χ2n) is 11.0. The Morgan fingerprint density at radius 1 is 0.765 bits per heavy atom. The van der Waals surface area contributed by atoms with Crippen molar-refractivity contribution in [1.29, 1.82) is 0 Å². The van der Waals surface area contributed by atoms with Crippen molar-refractivity contribution in [2.75, 3.05) is 0 Å². The summed E-state index contributed by atoms with van der Waals surface area (Å²) in [5.74, 6) is 0.227. The molecule has 0 bridgehead atoms. The Balaban J connectivity index is 2.75. The molecular formula is C31H51NOSn. The molecule has 0 N–H and O–H groups in total. The summed E-state index contributed by atoms with van der Waals surface area (Å²) in [7, 11) is 0. The summed E-state index contributed by atoms with van der Waals surface area (Å²) in [6.45, 7) is 18.2. The third-order valence-electron chi connectivity index (χ3n) is 7.99. The van der Waals surface area contributed by atoms with E-state index in [1.54, 1.807) is 0 Å². The molecule has 0 saturated heterocycles. The Bertz CT molecular complexity index is 874. The summed E-state index contributed by atoms with van der Waals surface area (Å²) < 4.78 is 4.95. The predicted molar refractivity (Wildman–Crippen MR) is 154 cm³/mol. The monoisotopic (exact) mass is 573 g/mol. The van der Waals surface area contributed by atoms with Crippen LogP contribution >= 0.6 is 0 Å². The van der Waals surface area contributed by atoms with Crippen LogP contribution < -0.4 is 0 Å². The van der Waals surface area contributed by atoms with Gasteiger partial charge in [-0.25, -0.2) is 0 Å². The topological polar surface area (TPSA) is 20.3 Å². The van der Waals surface area contributed by atoms with Gasteiger partial charge in [-0.05, 0) is 0 Å². The van der Waals surface area contributed by atoms with E-state index >= 15 is 0 Å². The molecule has 0 unspecified atom stereocenters. The van der Waals surface area contributed by atoms with Gasteiger partial charge in [0.05, 0.1) is 0 Å². The van der Waals surface area contributed by atoms with E-state index in [2.05, 4.69) is 96.7 Å².